The first-order valence-electron chi connectivity index (χ1n) is 8.80. The van der Waals surface area contributed by atoms with Crippen LogP contribution in [0.4, 0.5) is 30.6 Å². The van der Waals surface area contributed by atoms with Crippen molar-refractivity contribution in [3.63, 3.8) is 0 Å². The van der Waals surface area contributed by atoms with E-state index in [1.807, 2.05) is 30.3 Å². The number of aliphatic hydroxyl groups is 1. The van der Waals surface area contributed by atoms with E-state index >= 15 is 0 Å². The van der Waals surface area contributed by atoms with Gasteiger partial charge in [-0.15, -0.1) is 0 Å². The summed E-state index contributed by atoms with van der Waals surface area (Å²) in [4.78, 5) is 8.80. The van der Waals surface area contributed by atoms with Gasteiger partial charge in [-0.3, -0.25) is 0 Å². The average molecular weight is 423 g/mol. The predicted molar refractivity (Wildman–Crippen MR) is 107 cm³/mol. The Labute approximate surface area is 170 Å². The van der Waals surface area contributed by atoms with Gasteiger partial charge in [0.25, 0.3) is 0 Å². The van der Waals surface area contributed by atoms with Crippen LogP contribution in [0.3, 0.4) is 0 Å². The number of rotatable bonds is 7. The molecule has 29 heavy (non-hydrogen) atoms. The van der Waals surface area contributed by atoms with Crippen LogP contribution in [0.15, 0.2) is 54.6 Å². The van der Waals surface area contributed by atoms with Gasteiger partial charge in [-0.1, -0.05) is 41.9 Å². The van der Waals surface area contributed by atoms with E-state index in [4.69, 9.17) is 16.7 Å². The maximum absolute atomic E-state index is 12.8. The van der Waals surface area contributed by atoms with Gasteiger partial charge in [0.15, 0.2) is 0 Å². The van der Waals surface area contributed by atoms with Crippen LogP contribution in [0.1, 0.15) is 12.0 Å². The van der Waals surface area contributed by atoms with Crippen molar-refractivity contribution in [2.45, 2.75) is 12.6 Å². The van der Waals surface area contributed by atoms with Crippen molar-refractivity contribution in [1.82, 2.24) is 9.97 Å². The summed E-state index contributed by atoms with van der Waals surface area (Å²) in [6.07, 6.45) is -3.95. The molecule has 5 nitrogen and oxygen atoms in total. The van der Waals surface area contributed by atoms with Crippen molar-refractivity contribution in [2.24, 2.45) is 0 Å². The molecule has 3 N–H and O–H groups in total. The Balaban J connectivity index is 1.92. The van der Waals surface area contributed by atoms with Gasteiger partial charge in [-0.05, 0) is 24.6 Å². The normalized spacial score (nSPS) is 11.3. The first-order valence-corrected chi connectivity index (χ1v) is 9.17. The summed E-state index contributed by atoms with van der Waals surface area (Å²) in [5, 5.41) is 14.8. The molecule has 0 aliphatic carbocycles. The maximum atomic E-state index is 12.8. The number of hydrogen-bond donors (Lipinski definition) is 3. The number of nitrogens with one attached hydrogen (secondary N) is 2. The van der Waals surface area contributed by atoms with Crippen molar-refractivity contribution in [3.8, 4) is 11.3 Å². The third kappa shape index (κ3) is 5.58. The summed E-state index contributed by atoms with van der Waals surface area (Å²) >= 11 is 6.04. The summed E-state index contributed by atoms with van der Waals surface area (Å²) in [6.45, 7) is 0.493. The van der Waals surface area contributed by atoms with Crippen molar-refractivity contribution in [1.29, 1.82) is 0 Å². The van der Waals surface area contributed by atoms with Gasteiger partial charge in [-0.25, -0.2) is 4.98 Å². The third-order valence-electron chi connectivity index (χ3n) is 3.97. The molecule has 0 aliphatic rings. The molecule has 0 saturated heterocycles. The van der Waals surface area contributed by atoms with Crippen LogP contribution in [-0.4, -0.2) is 28.2 Å². The van der Waals surface area contributed by atoms with Crippen molar-refractivity contribution < 1.29 is 18.3 Å². The smallest absolute Gasteiger partial charge is 0.396 e. The van der Waals surface area contributed by atoms with Crippen molar-refractivity contribution in [2.75, 3.05) is 23.8 Å². The van der Waals surface area contributed by atoms with Gasteiger partial charge in [0, 0.05) is 24.8 Å². The minimum Gasteiger partial charge on any atom is -0.396 e. The van der Waals surface area contributed by atoms with Crippen LogP contribution in [0.2, 0.25) is 5.02 Å². The van der Waals surface area contributed by atoms with Gasteiger partial charge < -0.3 is 15.7 Å². The van der Waals surface area contributed by atoms with E-state index in [0.29, 0.717) is 36.1 Å². The molecule has 152 valence electrons. The van der Waals surface area contributed by atoms with Crippen LogP contribution >= 0.6 is 11.6 Å². The van der Waals surface area contributed by atoms with E-state index < -0.39 is 11.7 Å². The first-order chi connectivity index (χ1) is 13.9. The van der Waals surface area contributed by atoms with E-state index in [1.165, 1.54) is 6.07 Å². The molecule has 0 saturated carbocycles. The van der Waals surface area contributed by atoms with Crippen LogP contribution in [0.5, 0.6) is 0 Å². The van der Waals surface area contributed by atoms with Crippen LogP contribution < -0.4 is 10.6 Å². The molecule has 1 heterocycles. The Kier molecular flexibility index (Phi) is 6.56. The highest BCUT2D eigenvalue weighted by Crippen LogP contribution is 2.35. The van der Waals surface area contributed by atoms with E-state index in [1.54, 1.807) is 6.07 Å². The molecule has 0 radical (unpaired) electrons. The highest BCUT2D eigenvalue weighted by Gasteiger charge is 2.30. The zero-order valence-electron chi connectivity index (χ0n) is 15.2. The molecule has 0 fully saturated rings. The van der Waals surface area contributed by atoms with E-state index in [2.05, 4.69) is 20.6 Å². The lowest BCUT2D eigenvalue weighted by atomic mass is 10.1. The third-order valence-corrected chi connectivity index (χ3v) is 4.29. The first kappa shape index (κ1) is 20.9. The maximum Gasteiger partial charge on any atom is 0.416 e. The fourth-order valence-corrected chi connectivity index (χ4v) is 2.78. The highest BCUT2D eigenvalue weighted by molar-refractivity contribution is 6.33. The summed E-state index contributed by atoms with van der Waals surface area (Å²) in [6, 6.07) is 14.1. The molecular formula is C20H18ClF3N4O. The highest BCUT2D eigenvalue weighted by atomic mass is 35.5. The molecule has 0 bridgehead atoms. The van der Waals surface area contributed by atoms with Gasteiger partial charge in [0.1, 0.15) is 5.82 Å². The minimum absolute atomic E-state index is 0.0254. The second-order valence-electron chi connectivity index (χ2n) is 6.15. The molecule has 3 rings (SSSR count). The second kappa shape index (κ2) is 9.11. The Morgan fingerprint density at radius 1 is 1.00 bits per heavy atom. The topological polar surface area (TPSA) is 70.1 Å². The van der Waals surface area contributed by atoms with Gasteiger partial charge >= 0.3 is 6.18 Å². The lowest BCUT2D eigenvalue weighted by Crippen LogP contribution is -2.09. The number of aromatic nitrogens is 2. The van der Waals surface area contributed by atoms with Crippen molar-refractivity contribution in [3.05, 3.63) is 65.2 Å². The molecule has 0 spiro atoms. The van der Waals surface area contributed by atoms with Gasteiger partial charge in [-0.2, -0.15) is 18.2 Å². The summed E-state index contributed by atoms with van der Waals surface area (Å²) < 4.78 is 38.5. The molecular weight excluding hydrogens is 405 g/mol. The average Bonchev–Trinajstić information content (AvgIpc) is 2.69. The van der Waals surface area contributed by atoms with Gasteiger partial charge in [0.05, 0.1) is 22.0 Å². The fourth-order valence-electron chi connectivity index (χ4n) is 2.56. The SMILES string of the molecule is OCCCNc1nc(Nc2ccc(C(F)(F)F)cc2Cl)cc(-c2ccccc2)n1. The molecule has 0 aliphatic heterocycles. The Morgan fingerprint density at radius 2 is 1.76 bits per heavy atom. The number of halogens is 4. The Morgan fingerprint density at radius 3 is 2.41 bits per heavy atom. The zero-order valence-corrected chi connectivity index (χ0v) is 15.9. The molecule has 0 atom stereocenters. The van der Waals surface area contributed by atoms with E-state index in [0.717, 1.165) is 17.7 Å². The number of benzene rings is 2. The molecule has 2 aromatic carbocycles. The molecule has 1 aromatic heterocycles. The van der Waals surface area contributed by atoms with E-state index in [9.17, 15) is 13.2 Å². The van der Waals surface area contributed by atoms with Gasteiger partial charge in [0.2, 0.25) is 5.95 Å². The van der Waals surface area contributed by atoms with Crippen LogP contribution in [0.25, 0.3) is 11.3 Å². The molecule has 9 heteroatoms. The monoisotopic (exact) mass is 422 g/mol. The van der Waals surface area contributed by atoms with E-state index in [-0.39, 0.29) is 11.6 Å². The number of alkyl halides is 3. The quantitative estimate of drug-likeness (QED) is 0.447. The fraction of sp³-hybridized carbons (Fsp3) is 0.200. The lowest BCUT2D eigenvalue weighted by molar-refractivity contribution is -0.137. The number of nitrogens with zero attached hydrogens (tertiary/aromatic N) is 2. The summed E-state index contributed by atoms with van der Waals surface area (Å²) in [5.41, 5.74) is 0.935. The molecule has 3 aromatic rings. The molecule has 0 amide bonds. The summed E-state index contributed by atoms with van der Waals surface area (Å²) in [5.74, 6) is 0.692. The van der Waals surface area contributed by atoms with Crippen LogP contribution in [-0.2, 0) is 6.18 Å². The Hall–Kier alpha value is -2.84. The zero-order chi connectivity index (χ0) is 20.9. The Bertz CT molecular complexity index is 968. The number of aliphatic hydroxyl groups excluding tert-OH is 1. The molecule has 0 unspecified atom stereocenters. The number of anilines is 3. The van der Waals surface area contributed by atoms with Crippen molar-refractivity contribution >= 4 is 29.1 Å². The van der Waals surface area contributed by atoms with Crippen LogP contribution in [0, 0.1) is 0 Å². The second-order valence-corrected chi connectivity index (χ2v) is 6.56. The lowest BCUT2D eigenvalue weighted by Gasteiger charge is -2.13. The minimum atomic E-state index is -4.47. The summed E-state index contributed by atoms with van der Waals surface area (Å²) in [7, 11) is 0. The number of hydrogen-bond acceptors (Lipinski definition) is 5. The standard InChI is InChI=1S/C20H18ClF3N4O/c21-15-11-14(20(22,23)24)7-8-16(15)26-18-12-17(13-5-2-1-3-6-13)27-19(28-18)25-9-4-10-29/h1-3,5-8,11-12,29H,4,9-10H2,(H2,25,26,27,28). The predicted octanol–water partition coefficient (Wildman–Crippen LogP) is 5.35. The largest absolute Gasteiger partial charge is 0.416 e.